The number of methoxy groups -OCH3 is 1. The fraction of sp³-hybridized carbons (Fsp3) is 0.714. The molecule has 0 radical (unpaired) electrons. The molecular formula is C7H10O3S. The molecule has 0 unspecified atom stereocenters. The highest BCUT2D eigenvalue weighted by Crippen LogP contribution is 2.20. The van der Waals surface area contributed by atoms with Crippen molar-refractivity contribution < 1.29 is 14.3 Å². The molecule has 62 valence electrons. The second-order valence-electron chi connectivity index (χ2n) is 2.37. The molecule has 1 fully saturated rings. The van der Waals surface area contributed by atoms with E-state index in [-0.39, 0.29) is 11.8 Å². The van der Waals surface area contributed by atoms with E-state index in [0.29, 0.717) is 12.2 Å². The fourth-order valence-corrected chi connectivity index (χ4v) is 2.05. The number of ketones is 1. The number of ether oxygens (including phenoxy) is 1. The molecule has 0 spiro atoms. The van der Waals surface area contributed by atoms with Crippen LogP contribution in [0.4, 0.5) is 0 Å². The number of carbonyl (C=O) groups is 2. The number of esters is 1. The van der Waals surface area contributed by atoms with Crippen LogP contribution in [0.3, 0.4) is 0 Å². The van der Waals surface area contributed by atoms with E-state index in [0.717, 1.165) is 5.75 Å². The molecule has 0 aromatic carbocycles. The summed E-state index contributed by atoms with van der Waals surface area (Å²) in [6, 6.07) is 0. The van der Waals surface area contributed by atoms with Crippen molar-refractivity contribution in [3.05, 3.63) is 0 Å². The van der Waals surface area contributed by atoms with Crippen LogP contribution < -0.4 is 0 Å². The summed E-state index contributed by atoms with van der Waals surface area (Å²) in [6.45, 7) is 0. The Morgan fingerprint density at radius 2 is 2.45 bits per heavy atom. The first kappa shape index (κ1) is 8.59. The van der Waals surface area contributed by atoms with E-state index >= 15 is 0 Å². The molecule has 0 aromatic rings. The minimum atomic E-state index is -0.501. The second-order valence-corrected chi connectivity index (χ2v) is 3.52. The van der Waals surface area contributed by atoms with Gasteiger partial charge in [-0.25, -0.2) is 0 Å². The lowest BCUT2D eigenvalue weighted by atomic mass is 10.0. The second kappa shape index (κ2) is 3.76. The Balaban J connectivity index is 2.54. The predicted octanol–water partition coefficient (Wildman–Crippen LogP) is 0.482. The van der Waals surface area contributed by atoms with Crippen LogP contribution >= 0.6 is 11.8 Å². The van der Waals surface area contributed by atoms with E-state index in [2.05, 4.69) is 4.74 Å². The molecule has 0 bridgehead atoms. The van der Waals surface area contributed by atoms with Crippen LogP contribution in [0.25, 0.3) is 0 Å². The molecule has 0 aromatic heterocycles. The van der Waals surface area contributed by atoms with Gasteiger partial charge in [-0.05, 0) is 0 Å². The molecule has 1 rings (SSSR count). The van der Waals surface area contributed by atoms with Crippen LogP contribution in [0.5, 0.6) is 0 Å². The molecule has 1 aliphatic rings. The Hall–Kier alpha value is -0.510. The number of Topliss-reactive ketones (excluding diaryl/α,β-unsaturated/α-hetero) is 1. The maximum absolute atomic E-state index is 11.1. The molecule has 1 aliphatic heterocycles. The van der Waals surface area contributed by atoms with Crippen molar-refractivity contribution in [2.45, 2.75) is 6.42 Å². The normalized spacial score (nSPS) is 24.8. The third-order valence-electron chi connectivity index (χ3n) is 1.65. The number of rotatable bonds is 1. The van der Waals surface area contributed by atoms with E-state index in [4.69, 9.17) is 0 Å². The third kappa shape index (κ3) is 1.96. The molecule has 11 heavy (non-hydrogen) atoms. The van der Waals surface area contributed by atoms with Crippen molar-refractivity contribution in [2.24, 2.45) is 5.92 Å². The van der Waals surface area contributed by atoms with Gasteiger partial charge in [-0.15, -0.1) is 0 Å². The highest BCUT2D eigenvalue weighted by Gasteiger charge is 2.29. The molecule has 1 atom stereocenters. The van der Waals surface area contributed by atoms with Crippen LogP contribution in [-0.2, 0) is 14.3 Å². The van der Waals surface area contributed by atoms with Gasteiger partial charge in [0.15, 0.2) is 0 Å². The van der Waals surface area contributed by atoms with E-state index in [1.807, 2.05) is 0 Å². The van der Waals surface area contributed by atoms with Gasteiger partial charge in [0.25, 0.3) is 0 Å². The fourth-order valence-electron chi connectivity index (χ4n) is 0.983. The number of thioether (sulfide) groups is 1. The minimum Gasteiger partial charge on any atom is -0.468 e. The Morgan fingerprint density at radius 1 is 1.73 bits per heavy atom. The summed E-state index contributed by atoms with van der Waals surface area (Å²) in [5.74, 6) is 0.564. The molecule has 1 heterocycles. The van der Waals surface area contributed by atoms with E-state index in [9.17, 15) is 9.59 Å². The van der Waals surface area contributed by atoms with Crippen molar-refractivity contribution in [1.29, 1.82) is 0 Å². The van der Waals surface area contributed by atoms with Gasteiger partial charge in [0.05, 0.1) is 7.11 Å². The maximum Gasteiger partial charge on any atom is 0.317 e. The lowest BCUT2D eigenvalue weighted by Crippen LogP contribution is -2.30. The SMILES string of the molecule is COC(=O)[C@@H]1CSCCC1=O. The van der Waals surface area contributed by atoms with Gasteiger partial charge in [-0.1, -0.05) is 0 Å². The van der Waals surface area contributed by atoms with Gasteiger partial charge in [-0.2, -0.15) is 11.8 Å². The van der Waals surface area contributed by atoms with E-state index in [1.54, 1.807) is 11.8 Å². The topological polar surface area (TPSA) is 43.4 Å². The van der Waals surface area contributed by atoms with Crippen molar-refractivity contribution >= 4 is 23.5 Å². The summed E-state index contributed by atoms with van der Waals surface area (Å²) < 4.78 is 4.49. The smallest absolute Gasteiger partial charge is 0.317 e. The molecule has 0 amide bonds. The van der Waals surface area contributed by atoms with Gasteiger partial charge in [0.2, 0.25) is 0 Å². The summed E-state index contributed by atoms with van der Waals surface area (Å²) in [4.78, 5) is 22.0. The van der Waals surface area contributed by atoms with Gasteiger partial charge in [-0.3, -0.25) is 9.59 Å². The number of hydrogen-bond acceptors (Lipinski definition) is 4. The van der Waals surface area contributed by atoms with Crippen molar-refractivity contribution in [2.75, 3.05) is 18.6 Å². The summed E-state index contributed by atoms with van der Waals surface area (Å²) in [5, 5.41) is 0. The van der Waals surface area contributed by atoms with Crippen LogP contribution in [-0.4, -0.2) is 30.4 Å². The van der Waals surface area contributed by atoms with Crippen molar-refractivity contribution in [3.63, 3.8) is 0 Å². The molecule has 0 saturated carbocycles. The first-order valence-electron chi connectivity index (χ1n) is 3.44. The average molecular weight is 174 g/mol. The third-order valence-corrected chi connectivity index (χ3v) is 2.71. The Morgan fingerprint density at radius 3 is 3.00 bits per heavy atom. The first-order chi connectivity index (χ1) is 5.25. The average Bonchev–Trinajstić information content (AvgIpc) is 2.04. The Labute approximate surface area is 69.5 Å². The van der Waals surface area contributed by atoms with Gasteiger partial charge in [0, 0.05) is 17.9 Å². The Kier molecular flexibility index (Phi) is 2.93. The number of carbonyl (C=O) groups excluding carboxylic acids is 2. The van der Waals surface area contributed by atoms with Crippen LogP contribution in [0, 0.1) is 5.92 Å². The van der Waals surface area contributed by atoms with Gasteiger partial charge < -0.3 is 4.74 Å². The summed E-state index contributed by atoms with van der Waals surface area (Å²) in [7, 11) is 1.31. The molecule has 1 saturated heterocycles. The van der Waals surface area contributed by atoms with Crippen molar-refractivity contribution in [3.8, 4) is 0 Å². The zero-order valence-corrected chi connectivity index (χ0v) is 7.15. The van der Waals surface area contributed by atoms with E-state index in [1.165, 1.54) is 7.11 Å². The zero-order valence-electron chi connectivity index (χ0n) is 6.33. The maximum atomic E-state index is 11.1. The molecule has 0 N–H and O–H groups in total. The van der Waals surface area contributed by atoms with E-state index < -0.39 is 5.92 Å². The molecule has 0 aliphatic carbocycles. The minimum absolute atomic E-state index is 0.0237. The van der Waals surface area contributed by atoms with Crippen LogP contribution in [0.15, 0.2) is 0 Å². The summed E-state index contributed by atoms with van der Waals surface area (Å²) >= 11 is 1.63. The Bertz CT molecular complexity index is 171. The lowest BCUT2D eigenvalue weighted by molar-refractivity contribution is -0.148. The predicted molar refractivity (Wildman–Crippen MR) is 42.5 cm³/mol. The zero-order chi connectivity index (χ0) is 8.27. The number of hydrogen-bond donors (Lipinski definition) is 0. The van der Waals surface area contributed by atoms with Gasteiger partial charge >= 0.3 is 5.97 Å². The van der Waals surface area contributed by atoms with Crippen molar-refractivity contribution in [1.82, 2.24) is 0 Å². The summed E-state index contributed by atoms with van der Waals surface area (Å²) in [6.07, 6.45) is 0.504. The highest BCUT2D eigenvalue weighted by molar-refractivity contribution is 7.99. The molecular weight excluding hydrogens is 164 g/mol. The monoisotopic (exact) mass is 174 g/mol. The standard InChI is InChI=1S/C7H10O3S/c1-10-7(9)5-4-11-3-2-6(5)8/h5H,2-4H2,1H3/t5-/m1/s1. The van der Waals surface area contributed by atoms with Crippen LogP contribution in [0.2, 0.25) is 0 Å². The van der Waals surface area contributed by atoms with Gasteiger partial charge in [0.1, 0.15) is 11.7 Å². The largest absolute Gasteiger partial charge is 0.468 e. The molecule has 4 heteroatoms. The first-order valence-corrected chi connectivity index (χ1v) is 4.59. The quantitative estimate of drug-likeness (QED) is 0.428. The highest BCUT2D eigenvalue weighted by atomic mass is 32.2. The molecule has 3 nitrogen and oxygen atoms in total. The van der Waals surface area contributed by atoms with Crippen LogP contribution in [0.1, 0.15) is 6.42 Å². The summed E-state index contributed by atoms with van der Waals surface area (Å²) in [5.41, 5.74) is 0. The lowest BCUT2D eigenvalue weighted by Gasteiger charge is -2.17.